The Labute approximate surface area is 77.4 Å². The minimum atomic E-state index is -0.117. The van der Waals surface area contributed by atoms with Crippen molar-refractivity contribution >= 4 is 11.5 Å². The first-order valence-corrected chi connectivity index (χ1v) is 4.33. The fourth-order valence-corrected chi connectivity index (χ4v) is 1.81. The summed E-state index contributed by atoms with van der Waals surface area (Å²) in [5.74, 6) is 0.0243. The molecule has 0 amide bonds. The first kappa shape index (κ1) is 8.17. The number of hydrogen-bond acceptors (Lipinski definition) is 2. The largest absolute Gasteiger partial charge is 0.294 e. The number of aliphatic imine (C=N–C) groups is 1. The summed E-state index contributed by atoms with van der Waals surface area (Å²) in [5, 5.41) is 0. The molecule has 0 saturated heterocycles. The summed E-state index contributed by atoms with van der Waals surface area (Å²) in [6.07, 6.45) is 7.14. The summed E-state index contributed by atoms with van der Waals surface area (Å²) in [5.41, 5.74) is 3.13. The maximum Gasteiger partial charge on any atom is 0.170 e. The van der Waals surface area contributed by atoms with Crippen molar-refractivity contribution in [2.75, 3.05) is 0 Å². The Morgan fingerprint density at radius 3 is 2.85 bits per heavy atom. The molecule has 1 aliphatic carbocycles. The molecule has 0 N–H and O–H groups in total. The van der Waals surface area contributed by atoms with Gasteiger partial charge in [-0.2, -0.15) is 0 Å². The van der Waals surface area contributed by atoms with Crippen LogP contribution in [0.1, 0.15) is 13.8 Å². The molecule has 2 aliphatic rings. The van der Waals surface area contributed by atoms with Crippen LogP contribution in [0.2, 0.25) is 0 Å². The lowest BCUT2D eigenvalue weighted by atomic mass is 9.84. The molecule has 0 aromatic carbocycles. The van der Waals surface area contributed by atoms with Crippen LogP contribution in [0.25, 0.3) is 0 Å². The highest BCUT2D eigenvalue weighted by molar-refractivity contribution is 6.18. The molecular formula is C11H11NO. The van der Waals surface area contributed by atoms with Gasteiger partial charge in [0.1, 0.15) is 0 Å². The molecule has 1 heterocycles. The second-order valence-electron chi connectivity index (χ2n) is 3.48. The van der Waals surface area contributed by atoms with Crippen LogP contribution in [0.5, 0.6) is 0 Å². The molecule has 0 fully saturated rings. The maximum atomic E-state index is 11.5. The molecule has 1 aliphatic heterocycles. The van der Waals surface area contributed by atoms with Gasteiger partial charge in [0, 0.05) is 12.3 Å². The van der Waals surface area contributed by atoms with E-state index in [0.29, 0.717) is 0 Å². The lowest BCUT2D eigenvalue weighted by molar-refractivity contribution is -0.115. The molecule has 2 nitrogen and oxygen atoms in total. The monoisotopic (exact) mass is 173 g/mol. The normalized spacial score (nSPS) is 26.2. The highest BCUT2D eigenvalue weighted by atomic mass is 16.1. The van der Waals surface area contributed by atoms with Gasteiger partial charge >= 0.3 is 0 Å². The Balaban J connectivity index is 2.50. The van der Waals surface area contributed by atoms with Crippen LogP contribution in [0.3, 0.4) is 0 Å². The van der Waals surface area contributed by atoms with E-state index in [1.807, 2.05) is 26.0 Å². The van der Waals surface area contributed by atoms with Gasteiger partial charge in [0.05, 0.1) is 11.6 Å². The third-order valence-corrected chi connectivity index (χ3v) is 2.33. The molecule has 0 spiro atoms. The first-order chi connectivity index (χ1) is 6.18. The first-order valence-electron chi connectivity index (χ1n) is 4.33. The molecule has 1 unspecified atom stereocenters. The van der Waals surface area contributed by atoms with E-state index in [1.165, 1.54) is 0 Å². The highest BCUT2D eigenvalue weighted by Crippen LogP contribution is 2.25. The Morgan fingerprint density at radius 2 is 2.08 bits per heavy atom. The summed E-state index contributed by atoms with van der Waals surface area (Å²) in [6, 6.07) is 0. The SMILES string of the molecule is CC1=CC2=NC=CC(=O)C2C(C)=C1. The van der Waals surface area contributed by atoms with Gasteiger partial charge in [0.2, 0.25) is 0 Å². The molecule has 0 saturated carbocycles. The molecule has 2 heteroatoms. The number of carbonyl (C=O) groups excluding carboxylic acids is 1. The average Bonchev–Trinajstić information content (AvgIpc) is 2.02. The van der Waals surface area contributed by atoms with Gasteiger partial charge in [-0.15, -0.1) is 0 Å². The van der Waals surface area contributed by atoms with Crippen LogP contribution >= 0.6 is 0 Å². The summed E-state index contributed by atoms with van der Waals surface area (Å²) in [6.45, 7) is 4.00. The zero-order valence-corrected chi connectivity index (χ0v) is 7.74. The van der Waals surface area contributed by atoms with E-state index in [4.69, 9.17) is 0 Å². The second kappa shape index (κ2) is 2.80. The van der Waals surface area contributed by atoms with E-state index in [1.54, 1.807) is 12.3 Å². The lowest BCUT2D eigenvalue weighted by Gasteiger charge is -2.21. The fourth-order valence-electron chi connectivity index (χ4n) is 1.81. The molecule has 0 aromatic heterocycles. The van der Waals surface area contributed by atoms with E-state index < -0.39 is 0 Å². The standard InChI is InChI=1S/C11H11NO/c1-7-5-8(2)11-9(6-7)12-4-3-10(11)13/h3-6,11H,1-2H3. The minimum absolute atomic E-state index is 0.117. The predicted octanol–water partition coefficient (Wildman–Crippen LogP) is 2.05. The number of rotatable bonds is 0. The van der Waals surface area contributed by atoms with Gasteiger partial charge in [-0.05, 0) is 25.5 Å². The molecular weight excluding hydrogens is 162 g/mol. The van der Waals surface area contributed by atoms with E-state index in [0.717, 1.165) is 16.9 Å². The zero-order chi connectivity index (χ0) is 9.42. The lowest BCUT2D eigenvalue weighted by Crippen LogP contribution is -2.26. The molecule has 13 heavy (non-hydrogen) atoms. The predicted molar refractivity (Wildman–Crippen MR) is 52.6 cm³/mol. The van der Waals surface area contributed by atoms with Crippen LogP contribution in [0.15, 0.2) is 40.6 Å². The van der Waals surface area contributed by atoms with E-state index in [9.17, 15) is 4.79 Å². The Kier molecular flexibility index (Phi) is 1.76. The molecule has 0 radical (unpaired) electrons. The molecule has 66 valence electrons. The topological polar surface area (TPSA) is 29.4 Å². The van der Waals surface area contributed by atoms with E-state index in [-0.39, 0.29) is 11.7 Å². The maximum absolute atomic E-state index is 11.5. The quantitative estimate of drug-likeness (QED) is 0.551. The van der Waals surface area contributed by atoms with Crippen molar-refractivity contribution in [3.8, 4) is 0 Å². The molecule has 0 aromatic rings. The third kappa shape index (κ3) is 1.28. The van der Waals surface area contributed by atoms with Gasteiger partial charge in [0.25, 0.3) is 0 Å². The highest BCUT2D eigenvalue weighted by Gasteiger charge is 2.27. The Bertz CT molecular complexity index is 383. The van der Waals surface area contributed by atoms with Crippen LogP contribution in [-0.2, 0) is 4.79 Å². The summed E-state index contributed by atoms with van der Waals surface area (Å²) in [7, 11) is 0. The molecule has 0 bridgehead atoms. The smallest absolute Gasteiger partial charge is 0.170 e. The van der Waals surface area contributed by atoms with Crippen LogP contribution in [0, 0.1) is 5.92 Å². The fraction of sp³-hybridized carbons (Fsp3) is 0.273. The van der Waals surface area contributed by atoms with Crippen molar-refractivity contribution in [1.82, 2.24) is 0 Å². The summed E-state index contributed by atoms with van der Waals surface area (Å²) < 4.78 is 0. The minimum Gasteiger partial charge on any atom is -0.294 e. The van der Waals surface area contributed by atoms with E-state index in [2.05, 4.69) is 4.99 Å². The second-order valence-corrected chi connectivity index (χ2v) is 3.48. The number of fused-ring (bicyclic) bond motifs is 1. The van der Waals surface area contributed by atoms with Crippen molar-refractivity contribution in [2.24, 2.45) is 10.9 Å². The Morgan fingerprint density at radius 1 is 1.31 bits per heavy atom. The van der Waals surface area contributed by atoms with Crippen molar-refractivity contribution in [1.29, 1.82) is 0 Å². The van der Waals surface area contributed by atoms with Gasteiger partial charge in [-0.1, -0.05) is 11.6 Å². The number of allylic oxidation sites excluding steroid dienone is 5. The van der Waals surface area contributed by atoms with Crippen molar-refractivity contribution in [3.05, 3.63) is 35.6 Å². The van der Waals surface area contributed by atoms with E-state index >= 15 is 0 Å². The van der Waals surface area contributed by atoms with Gasteiger partial charge in [-0.25, -0.2) is 0 Å². The zero-order valence-electron chi connectivity index (χ0n) is 7.74. The Hall–Kier alpha value is -1.44. The van der Waals surface area contributed by atoms with Gasteiger partial charge in [-0.3, -0.25) is 9.79 Å². The van der Waals surface area contributed by atoms with Gasteiger partial charge < -0.3 is 0 Å². The summed E-state index contributed by atoms with van der Waals surface area (Å²) >= 11 is 0. The number of hydrogen-bond donors (Lipinski definition) is 0. The average molecular weight is 173 g/mol. The van der Waals surface area contributed by atoms with Crippen molar-refractivity contribution < 1.29 is 4.79 Å². The molecule has 1 atom stereocenters. The van der Waals surface area contributed by atoms with Crippen LogP contribution < -0.4 is 0 Å². The summed E-state index contributed by atoms with van der Waals surface area (Å²) in [4.78, 5) is 15.7. The number of ketones is 1. The van der Waals surface area contributed by atoms with Crippen molar-refractivity contribution in [2.45, 2.75) is 13.8 Å². The molecule has 2 rings (SSSR count). The van der Waals surface area contributed by atoms with Crippen LogP contribution in [0.4, 0.5) is 0 Å². The van der Waals surface area contributed by atoms with Gasteiger partial charge in [0.15, 0.2) is 5.78 Å². The van der Waals surface area contributed by atoms with Crippen molar-refractivity contribution in [3.63, 3.8) is 0 Å². The van der Waals surface area contributed by atoms with Crippen LogP contribution in [-0.4, -0.2) is 11.5 Å². The number of nitrogens with zero attached hydrogens (tertiary/aromatic N) is 1. The third-order valence-electron chi connectivity index (χ3n) is 2.33. The number of carbonyl (C=O) groups is 1.